The lowest BCUT2D eigenvalue weighted by atomic mass is 9.73. The van der Waals surface area contributed by atoms with Gasteiger partial charge in [0.15, 0.2) is 5.82 Å². The SMILES string of the molecule is CCNC(=O)c1nnc(-c2cc(C(C)C)c(O)cc2O)n1-c1ccc(Oc2ccc(C(=O)N3CCC4(CC3)OB([C@H](CC(C)C)NC(=O)[C@H](Cc3ccccc3)NC(=O)c3cnccn3)OC4(C)C)cc2)cc1. The first-order valence-corrected chi connectivity index (χ1v) is 24.7. The Morgan fingerprint density at radius 1 is 0.822 bits per heavy atom. The van der Waals surface area contributed by atoms with Gasteiger partial charge in [0, 0.05) is 55.8 Å². The second kappa shape index (κ2) is 22.0. The molecule has 0 saturated carbocycles. The molecule has 380 valence electrons. The summed E-state index contributed by atoms with van der Waals surface area (Å²) >= 11 is 0. The molecule has 8 rings (SSSR count). The minimum Gasteiger partial charge on any atom is -0.508 e. The number of amides is 4. The zero-order chi connectivity index (χ0) is 52.0. The number of phenols is 2. The minimum absolute atomic E-state index is 0.00933. The molecule has 6 aromatic rings. The molecule has 19 heteroatoms. The van der Waals surface area contributed by atoms with Crippen molar-refractivity contribution in [1.29, 1.82) is 0 Å². The maximum absolute atomic E-state index is 14.2. The molecular weight excluding hydrogens is 929 g/mol. The molecular formula is C54H62BN9O9. The standard InChI is InChI=1S/C54H62BN9O9/c1-8-57-51(69)48-62-61-47(41-30-40(34(4)5)44(65)31-45(41)66)64(48)37-16-20-39(21-17-37)71-38-18-14-36(15-19-38)52(70)63-26-22-54(23-27-63)53(6,7)72-55(73-54)46(28-33(2)3)60-49(67)42(29-35-12-10-9-11-13-35)59-50(68)43-32-56-24-25-58-43/h9-21,24-25,30-34,42,46,65-66H,8,22-23,26-29H2,1-7H3,(H,57,69)(H,59,68)(H,60,67)/t42-,46-/m0/s1. The number of aromatic hydroxyl groups is 2. The van der Waals surface area contributed by atoms with E-state index in [0.717, 1.165) is 5.56 Å². The molecule has 2 saturated heterocycles. The molecule has 5 N–H and O–H groups in total. The number of benzene rings is 4. The molecule has 2 atom stereocenters. The number of nitrogens with zero attached hydrogens (tertiary/aromatic N) is 6. The van der Waals surface area contributed by atoms with Crippen molar-refractivity contribution in [3.8, 4) is 40.1 Å². The molecule has 73 heavy (non-hydrogen) atoms. The molecule has 18 nitrogen and oxygen atoms in total. The van der Waals surface area contributed by atoms with Gasteiger partial charge in [-0.25, -0.2) is 4.98 Å². The van der Waals surface area contributed by atoms with Crippen LogP contribution in [-0.2, 0) is 20.5 Å². The quantitative estimate of drug-likeness (QED) is 0.0570. The third-order valence-electron chi connectivity index (χ3n) is 13.4. The van der Waals surface area contributed by atoms with Crippen molar-refractivity contribution in [2.45, 2.75) is 103 Å². The summed E-state index contributed by atoms with van der Waals surface area (Å²) in [5.74, 6) is -0.996. The first-order chi connectivity index (χ1) is 35.0. The summed E-state index contributed by atoms with van der Waals surface area (Å²) in [7, 11) is -0.788. The fourth-order valence-corrected chi connectivity index (χ4v) is 9.45. The summed E-state index contributed by atoms with van der Waals surface area (Å²) in [6.45, 7) is 14.9. The maximum atomic E-state index is 14.2. The predicted octanol–water partition coefficient (Wildman–Crippen LogP) is 7.20. The van der Waals surface area contributed by atoms with Crippen molar-refractivity contribution < 1.29 is 43.4 Å². The van der Waals surface area contributed by atoms with Gasteiger partial charge in [-0.05, 0) is 118 Å². The predicted molar refractivity (Wildman–Crippen MR) is 273 cm³/mol. The van der Waals surface area contributed by atoms with E-state index in [0.29, 0.717) is 72.8 Å². The zero-order valence-electron chi connectivity index (χ0n) is 42.2. The minimum atomic E-state index is -0.928. The third kappa shape index (κ3) is 11.5. The van der Waals surface area contributed by atoms with E-state index >= 15 is 0 Å². The molecule has 0 aliphatic carbocycles. The van der Waals surface area contributed by atoms with Crippen molar-refractivity contribution in [2.24, 2.45) is 5.92 Å². The number of phenolic OH excluding ortho intramolecular Hbond substituents is 2. The van der Waals surface area contributed by atoms with E-state index in [-0.39, 0.29) is 58.9 Å². The first kappa shape index (κ1) is 51.7. The van der Waals surface area contributed by atoms with Crippen LogP contribution in [0.1, 0.15) is 116 Å². The number of aromatic nitrogens is 5. The highest BCUT2D eigenvalue weighted by Gasteiger charge is 2.60. The Kier molecular flexibility index (Phi) is 15.6. The van der Waals surface area contributed by atoms with Crippen LogP contribution in [-0.4, -0.2) is 113 Å². The van der Waals surface area contributed by atoms with Crippen LogP contribution in [0.3, 0.4) is 0 Å². The number of carbonyl (C=O) groups excluding carboxylic acids is 4. The number of hydrogen-bond acceptors (Lipinski definition) is 13. The number of carbonyl (C=O) groups is 4. The fraction of sp³-hybridized carbons (Fsp3) is 0.370. The second-order valence-corrected chi connectivity index (χ2v) is 19.7. The Morgan fingerprint density at radius 3 is 2.14 bits per heavy atom. The van der Waals surface area contributed by atoms with Gasteiger partial charge in [0.05, 0.1) is 28.9 Å². The lowest BCUT2D eigenvalue weighted by molar-refractivity contribution is -0.123. The summed E-state index contributed by atoms with van der Waals surface area (Å²) < 4.78 is 21.3. The molecule has 1 spiro atoms. The highest BCUT2D eigenvalue weighted by atomic mass is 16.7. The normalized spacial score (nSPS) is 15.8. The summed E-state index contributed by atoms with van der Waals surface area (Å²) in [5, 5.41) is 38.7. The van der Waals surface area contributed by atoms with Crippen LogP contribution in [0.2, 0.25) is 0 Å². The van der Waals surface area contributed by atoms with Crippen molar-refractivity contribution in [3.63, 3.8) is 0 Å². The summed E-state index contributed by atoms with van der Waals surface area (Å²) in [4.78, 5) is 64.5. The molecule has 0 radical (unpaired) electrons. The van der Waals surface area contributed by atoms with Gasteiger partial charge in [-0.3, -0.25) is 28.7 Å². The number of ether oxygens (including phenoxy) is 1. The van der Waals surface area contributed by atoms with Gasteiger partial charge in [-0.2, -0.15) is 0 Å². The van der Waals surface area contributed by atoms with E-state index < -0.39 is 42.1 Å². The zero-order valence-corrected chi connectivity index (χ0v) is 42.2. The van der Waals surface area contributed by atoms with Crippen LogP contribution < -0.4 is 20.7 Å². The monoisotopic (exact) mass is 991 g/mol. The van der Waals surface area contributed by atoms with Crippen LogP contribution in [0.15, 0.2) is 110 Å². The molecule has 0 bridgehead atoms. The van der Waals surface area contributed by atoms with E-state index in [2.05, 4.69) is 50.0 Å². The van der Waals surface area contributed by atoms with Crippen molar-refractivity contribution in [1.82, 2.24) is 45.6 Å². The molecule has 2 aliphatic heterocycles. The van der Waals surface area contributed by atoms with E-state index in [4.69, 9.17) is 14.0 Å². The largest absolute Gasteiger partial charge is 0.508 e. The Morgan fingerprint density at radius 2 is 1.51 bits per heavy atom. The smallest absolute Gasteiger partial charge is 0.481 e. The van der Waals surface area contributed by atoms with E-state index in [1.54, 1.807) is 66.1 Å². The summed E-state index contributed by atoms with van der Waals surface area (Å²) in [5.41, 5.74) is 1.38. The van der Waals surface area contributed by atoms with Gasteiger partial charge >= 0.3 is 7.12 Å². The van der Waals surface area contributed by atoms with E-state index in [1.807, 2.05) is 62.9 Å². The van der Waals surface area contributed by atoms with Crippen molar-refractivity contribution >= 4 is 30.7 Å². The highest BCUT2D eigenvalue weighted by Crippen LogP contribution is 2.46. The van der Waals surface area contributed by atoms with E-state index in [9.17, 15) is 29.4 Å². The first-order valence-electron chi connectivity index (χ1n) is 24.7. The van der Waals surface area contributed by atoms with Gasteiger partial charge < -0.3 is 45.1 Å². The van der Waals surface area contributed by atoms with Gasteiger partial charge in [0.1, 0.15) is 34.7 Å². The average Bonchev–Trinajstić information content (AvgIpc) is 3.92. The van der Waals surface area contributed by atoms with Gasteiger partial charge in [0.25, 0.3) is 17.7 Å². The van der Waals surface area contributed by atoms with Gasteiger partial charge in [-0.1, -0.05) is 58.0 Å². The molecule has 4 aromatic carbocycles. The third-order valence-corrected chi connectivity index (χ3v) is 13.4. The summed E-state index contributed by atoms with van der Waals surface area (Å²) in [6, 6.07) is 25.3. The lowest BCUT2D eigenvalue weighted by Gasteiger charge is -2.45. The number of rotatable bonds is 17. The van der Waals surface area contributed by atoms with Crippen molar-refractivity contribution in [2.75, 3.05) is 19.6 Å². The Labute approximate surface area is 425 Å². The molecule has 2 fully saturated rings. The fourth-order valence-electron chi connectivity index (χ4n) is 9.45. The van der Waals surface area contributed by atoms with Crippen LogP contribution in [0.5, 0.6) is 23.0 Å². The Hall–Kier alpha value is -7.64. The van der Waals surface area contributed by atoms with Gasteiger partial charge in [0.2, 0.25) is 11.7 Å². The summed E-state index contributed by atoms with van der Waals surface area (Å²) in [6.07, 6.45) is 6.05. The number of hydrogen-bond donors (Lipinski definition) is 5. The number of piperidine rings is 1. The molecule has 2 aliphatic rings. The molecule has 0 unspecified atom stereocenters. The molecule has 2 aromatic heterocycles. The number of nitrogens with one attached hydrogen (secondary N) is 3. The van der Waals surface area contributed by atoms with Gasteiger partial charge in [-0.15, -0.1) is 10.2 Å². The van der Waals surface area contributed by atoms with Crippen LogP contribution in [0, 0.1) is 5.92 Å². The van der Waals surface area contributed by atoms with Crippen molar-refractivity contribution in [3.05, 3.63) is 138 Å². The topological polar surface area (TPSA) is 232 Å². The van der Waals surface area contributed by atoms with E-state index in [1.165, 1.54) is 24.7 Å². The maximum Gasteiger partial charge on any atom is 0.481 e. The number of likely N-dealkylation sites (tertiary alicyclic amines) is 1. The molecule has 4 heterocycles. The van der Waals surface area contributed by atoms with Crippen LogP contribution in [0.4, 0.5) is 0 Å². The lowest BCUT2D eigenvalue weighted by Crippen LogP contribution is -2.56. The van der Waals surface area contributed by atoms with Crippen LogP contribution >= 0.6 is 0 Å². The average molecular weight is 992 g/mol. The Balaban J connectivity index is 0.913. The highest BCUT2D eigenvalue weighted by molar-refractivity contribution is 6.48. The Bertz CT molecular complexity index is 2910. The van der Waals surface area contributed by atoms with Crippen LogP contribution in [0.25, 0.3) is 17.1 Å². The molecule has 4 amide bonds. The second-order valence-electron chi connectivity index (χ2n) is 19.7.